The van der Waals surface area contributed by atoms with E-state index in [1.54, 1.807) is 0 Å². The number of hydrogen-bond donors (Lipinski definition) is 1. The number of anilines is 2. The van der Waals surface area contributed by atoms with Crippen molar-refractivity contribution >= 4 is 17.4 Å². The molecule has 0 saturated carbocycles. The Balaban J connectivity index is 1.75. The molecule has 0 spiro atoms. The number of carbonyl (C=O) groups excluding carboxylic acids is 1. The maximum Gasteiger partial charge on any atom is 0.249 e. The number of rotatable bonds is 4. The van der Waals surface area contributed by atoms with Crippen molar-refractivity contribution in [2.45, 2.75) is 46.1 Å². The van der Waals surface area contributed by atoms with Crippen LogP contribution in [-0.4, -0.2) is 28.5 Å². The van der Waals surface area contributed by atoms with Crippen molar-refractivity contribution in [3.8, 4) is 0 Å². The number of hydrogen-bond acceptors (Lipinski definition) is 4. The van der Waals surface area contributed by atoms with Gasteiger partial charge in [-0.3, -0.25) is 4.79 Å². The van der Waals surface area contributed by atoms with E-state index >= 15 is 0 Å². The molecule has 1 unspecified atom stereocenters. The smallest absolute Gasteiger partial charge is 0.249 e. The zero-order valence-corrected chi connectivity index (χ0v) is 14.7. The van der Waals surface area contributed by atoms with Crippen LogP contribution in [0.1, 0.15) is 43.3 Å². The summed E-state index contributed by atoms with van der Waals surface area (Å²) in [7, 11) is 0. The van der Waals surface area contributed by atoms with E-state index in [1.165, 1.54) is 5.56 Å². The van der Waals surface area contributed by atoms with Gasteiger partial charge in [0.05, 0.1) is 0 Å². The molecule has 1 aromatic carbocycles. The fraction of sp³-hybridized carbons (Fsp3) is 0.421. The normalized spacial score (nSPS) is 17.6. The van der Waals surface area contributed by atoms with Gasteiger partial charge in [0.15, 0.2) is 0 Å². The van der Waals surface area contributed by atoms with E-state index in [9.17, 15) is 4.79 Å². The van der Waals surface area contributed by atoms with E-state index in [4.69, 9.17) is 0 Å². The third-order valence-corrected chi connectivity index (χ3v) is 4.26. The summed E-state index contributed by atoms with van der Waals surface area (Å²) in [6.07, 6.45) is 0.771. The van der Waals surface area contributed by atoms with Crippen LogP contribution in [0.3, 0.4) is 0 Å². The Labute approximate surface area is 143 Å². The summed E-state index contributed by atoms with van der Waals surface area (Å²) in [6.45, 7) is 8.86. The van der Waals surface area contributed by atoms with E-state index in [1.807, 2.05) is 49.1 Å². The predicted molar refractivity (Wildman–Crippen MR) is 96.4 cm³/mol. The van der Waals surface area contributed by atoms with Crippen molar-refractivity contribution in [1.29, 1.82) is 0 Å². The molecule has 0 bridgehead atoms. The Morgan fingerprint density at radius 2 is 1.88 bits per heavy atom. The lowest BCUT2D eigenvalue weighted by atomic mass is 10.2. The number of carbonyl (C=O) groups is 1. The molecular formula is C19H24N4O. The highest BCUT2D eigenvalue weighted by Crippen LogP contribution is 2.24. The van der Waals surface area contributed by atoms with Gasteiger partial charge in [0, 0.05) is 29.9 Å². The monoisotopic (exact) mass is 324 g/mol. The van der Waals surface area contributed by atoms with Gasteiger partial charge in [-0.1, -0.05) is 31.5 Å². The Morgan fingerprint density at radius 1 is 1.17 bits per heavy atom. The first-order valence-corrected chi connectivity index (χ1v) is 8.44. The largest absolute Gasteiger partial charge is 0.358 e. The molecule has 126 valence electrons. The van der Waals surface area contributed by atoms with E-state index in [0.29, 0.717) is 0 Å². The Morgan fingerprint density at radius 3 is 2.54 bits per heavy atom. The number of nitrogens with zero attached hydrogens (tertiary/aromatic N) is 3. The summed E-state index contributed by atoms with van der Waals surface area (Å²) in [5.41, 5.74) is 3.06. The second kappa shape index (κ2) is 6.59. The van der Waals surface area contributed by atoms with Gasteiger partial charge in [0.1, 0.15) is 17.7 Å². The van der Waals surface area contributed by atoms with Crippen molar-refractivity contribution in [2.24, 2.45) is 0 Å². The van der Waals surface area contributed by atoms with E-state index < -0.39 is 0 Å². The zero-order valence-electron chi connectivity index (χ0n) is 14.7. The maximum atomic E-state index is 12.7. The summed E-state index contributed by atoms with van der Waals surface area (Å²) >= 11 is 0. The summed E-state index contributed by atoms with van der Waals surface area (Å²) < 4.78 is 0. The highest BCUT2D eigenvalue weighted by molar-refractivity contribution is 6.00. The average molecular weight is 324 g/mol. The number of amides is 1. The van der Waals surface area contributed by atoms with Crippen LogP contribution in [0.5, 0.6) is 0 Å². The topological polar surface area (TPSA) is 58.1 Å². The summed E-state index contributed by atoms with van der Waals surface area (Å²) in [6, 6.07) is 9.73. The van der Waals surface area contributed by atoms with Gasteiger partial charge in [-0.25, -0.2) is 9.97 Å². The van der Waals surface area contributed by atoms with Crippen LogP contribution in [0, 0.1) is 13.8 Å². The number of benzene rings is 1. The van der Waals surface area contributed by atoms with Crippen LogP contribution >= 0.6 is 0 Å². The van der Waals surface area contributed by atoms with Gasteiger partial charge in [-0.2, -0.15) is 0 Å². The molecule has 24 heavy (non-hydrogen) atoms. The highest BCUT2D eigenvalue weighted by atomic mass is 16.2. The van der Waals surface area contributed by atoms with E-state index in [2.05, 4.69) is 29.1 Å². The van der Waals surface area contributed by atoms with E-state index in [0.717, 1.165) is 36.0 Å². The van der Waals surface area contributed by atoms with Crippen molar-refractivity contribution in [3.63, 3.8) is 0 Å². The standard InChI is InChI=1S/C19H24N4O/c1-12(2)18-20-14(4)11-17(22-18)21-16-9-10-23(19(16)24)15-7-5-13(3)6-8-15/h5-8,11-12,16H,9-10H2,1-4H3,(H,20,21,22). The van der Waals surface area contributed by atoms with Crippen LogP contribution in [0.15, 0.2) is 30.3 Å². The minimum Gasteiger partial charge on any atom is -0.358 e. The molecule has 1 aliphatic rings. The molecule has 2 aromatic rings. The van der Waals surface area contributed by atoms with E-state index in [-0.39, 0.29) is 17.9 Å². The molecule has 0 aliphatic carbocycles. The SMILES string of the molecule is Cc1ccc(N2CCC(Nc3cc(C)nc(C(C)C)n3)C2=O)cc1. The van der Waals surface area contributed by atoms with Gasteiger partial charge in [-0.05, 0) is 32.4 Å². The zero-order chi connectivity index (χ0) is 17.3. The lowest BCUT2D eigenvalue weighted by molar-refractivity contribution is -0.117. The number of aromatic nitrogens is 2. The molecule has 5 nitrogen and oxygen atoms in total. The molecule has 1 amide bonds. The molecular weight excluding hydrogens is 300 g/mol. The number of aryl methyl sites for hydroxylation is 2. The average Bonchev–Trinajstić information content (AvgIpc) is 2.88. The van der Waals surface area contributed by atoms with Gasteiger partial charge in [0.2, 0.25) is 5.91 Å². The molecule has 1 saturated heterocycles. The van der Waals surface area contributed by atoms with Gasteiger partial charge < -0.3 is 10.2 Å². The molecule has 1 fully saturated rings. The van der Waals surface area contributed by atoms with Gasteiger partial charge in [-0.15, -0.1) is 0 Å². The first-order chi connectivity index (χ1) is 11.4. The third-order valence-electron chi connectivity index (χ3n) is 4.26. The fourth-order valence-corrected chi connectivity index (χ4v) is 2.90. The molecule has 1 N–H and O–H groups in total. The molecule has 0 radical (unpaired) electrons. The summed E-state index contributed by atoms with van der Waals surface area (Å²) in [4.78, 5) is 23.6. The van der Waals surface area contributed by atoms with Crippen molar-refractivity contribution < 1.29 is 4.79 Å². The Bertz CT molecular complexity index is 740. The first kappa shape index (κ1) is 16.4. The number of nitrogens with one attached hydrogen (secondary N) is 1. The first-order valence-electron chi connectivity index (χ1n) is 8.44. The van der Waals surface area contributed by atoms with Crippen LogP contribution < -0.4 is 10.2 Å². The highest BCUT2D eigenvalue weighted by Gasteiger charge is 2.32. The summed E-state index contributed by atoms with van der Waals surface area (Å²) in [5.74, 6) is 1.89. The maximum absolute atomic E-state index is 12.7. The summed E-state index contributed by atoms with van der Waals surface area (Å²) in [5, 5.41) is 3.30. The van der Waals surface area contributed by atoms with Gasteiger partial charge >= 0.3 is 0 Å². The Kier molecular flexibility index (Phi) is 4.51. The lowest BCUT2D eigenvalue weighted by Crippen LogP contribution is -2.33. The van der Waals surface area contributed by atoms with Crippen molar-refractivity contribution in [2.75, 3.05) is 16.8 Å². The van der Waals surface area contributed by atoms with Crippen LogP contribution in [-0.2, 0) is 4.79 Å². The molecule has 5 heteroatoms. The van der Waals surface area contributed by atoms with Crippen LogP contribution in [0.2, 0.25) is 0 Å². The molecule has 3 rings (SSSR count). The Hall–Kier alpha value is -2.43. The quantitative estimate of drug-likeness (QED) is 0.936. The van der Waals surface area contributed by atoms with Crippen LogP contribution in [0.25, 0.3) is 0 Å². The van der Waals surface area contributed by atoms with Crippen LogP contribution in [0.4, 0.5) is 11.5 Å². The van der Waals surface area contributed by atoms with Crippen molar-refractivity contribution in [3.05, 3.63) is 47.4 Å². The molecule has 1 aromatic heterocycles. The predicted octanol–water partition coefficient (Wildman–Crippen LogP) is 3.43. The minimum absolute atomic E-state index is 0.0983. The second-order valence-corrected chi connectivity index (χ2v) is 6.72. The second-order valence-electron chi connectivity index (χ2n) is 6.72. The molecule has 1 atom stereocenters. The molecule has 2 heterocycles. The van der Waals surface area contributed by atoms with Gasteiger partial charge in [0.25, 0.3) is 0 Å². The minimum atomic E-state index is -0.236. The third kappa shape index (κ3) is 3.40. The molecule has 1 aliphatic heterocycles. The fourth-order valence-electron chi connectivity index (χ4n) is 2.90. The lowest BCUT2D eigenvalue weighted by Gasteiger charge is -2.18. The van der Waals surface area contributed by atoms with Crippen molar-refractivity contribution in [1.82, 2.24) is 9.97 Å².